The van der Waals surface area contributed by atoms with Crippen LogP contribution in [0, 0.1) is 17.1 Å². The van der Waals surface area contributed by atoms with Gasteiger partial charge in [-0.15, -0.1) is 0 Å². The minimum atomic E-state index is -0.682. The van der Waals surface area contributed by atoms with Gasteiger partial charge in [-0.2, -0.15) is 5.26 Å². The number of nitriles is 1. The Morgan fingerprint density at radius 2 is 2.18 bits per heavy atom. The molecule has 0 aliphatic rings. The van der Waals surface area contributed by atoms with E-state index in [2.05, 4.69) is 20.0 Å². The van der Waals surface area contributed by atoms with Gasteiger partial charge in [0.1, 0.15) is 17.2 Å². The highest BCUT2D eigenvalue weighted by Gasteiger charge is 2.20. The summed E-state index contributed by atoms with van der Waals surface area (Å²) in [6.45, 7) is 1.88. The van der Waals surface area contributed by atoms with Gasteiger partial charge in [-0.25, -0.2) is 19.2 Å². The van der Waals surface area contributed by atoms with Crippen molar-refractivity contribution in [1.82, 2.24) is 14.5 Å². The summed E-state index contributed by atoms with van der Waals surface area (Å²) in [6.07, 6.45) is 1.45. The molecule has 1 N–H and O–H groups in total. The topological polar surface area (TPSA) is 96.1 Å². The van der Waals surface area contributed by atoms with Crippen LogP contribution in [-0.2, 0) is 18.2 Å². The number of aromatic nitrogens is 3. The quantitative estimate of drug-likeness (QED) is 0.742. The summed E-state index contributed by atoms with van der Waals surface area (Å²) in [5, 5.41) is 11.6. The molecule has 3 aromatic rings. The minimum absolute atomic E-state index is 0.207. The number of anilines is 3. The summed E-state index contributed by atoms with van der Waals surface area (Å²) in [5.74, 6) is 0.0903. The van der Waals surface area contributed by atoms with E-state index in [1.54, 1.807) is 42.0 Å². The molecule has 0 fully saturated rings. The first-order valence-electron chi connectivity index (χ1n) is 8.52. The van der Waals surface area contributed by atoms with Crippen molar-refractivity contribution in [3.63, 3.8) is 0 Å². The van der Waals surface area contributed by atoms with Crippen LogP contribution >= 0.6 is 0 Å². The predicted molar refractivity (Wildman–Crippen MR) is 103 cm³/mol. The average Bonchev–Trinajstić information content (AvgIpc) is 3.07. The maximum absolute atomic E-state index is 14.8. The number of nitrogens with one attached hydrogen (secondary N) is 1. The number of ether oxygens (including phenoxy) is 1. The van der Waals surface area contributed by atoms with Crippen LogP contribution in [0.2, 0.25) is 0 Å². The normalized spacial score (nSPS) is 10.6. The molecule has 9 heteroatoms. The third kappa shape index (κ3) is 3.32. The molecule has 28 heavy (non-hydrogen) atoms. The van der Waals surface area contributed by atoms with E-state index in [9.17, 15) is 9.18 Å². The first-order chi connectivity index (χ1) is 13.4. The van der Waals surface area contributed by atoms with E-state index in [4.69, 9.17) is 5.26 Å². The van der Waals surface area contributed by atoms with E-state index in [1.165, 1.54) is 13.2 Å². The maximum Gasteiger partial charge on any atom is 0.412 e. The minimum Gasteiger partial charge on any atom is -0.453 e. The summed E-state index contributed by atoms with van der Waals surface area (Å²) in [4.78, 5) is 22.0. The number of rotatable bonds is 4. The SMILES string of the molecule is CCc1cc(C#N)cc(F)c1N(C)c1cc2c(ncn2C)c(NC(=O)OC)n1. The zero-order chi connectivity index (χ0) is 20.4. The van der Waals surface area contributed by atoms with Gasteiger partial charge in [0.2, 0.25) is 0 Å². The van der Waals surface area contributed by atoms with E-state index < -0.39 is 11.9 Å². The number of amides is 1. The molecule has 144 valence electrons. The molecule has 1 aromatic carbocycles. The third-order valence-electron chi connectivity index (χ3n) is 4.44. The van der Waals surface area contributed by atoms with Crippen molar-refractivity contribution in [3.8, 4) is 6.07 Å². The third-order valence-corrected chi connectivity index (χ3v) is 4.44. The van der Waals surface area contributed by atoms with Crippen LogP contribution in [0.15, 0.2) is 24.5 Å². The fourth-order valence-corrected chi connectivity index (χ4v) is 3.00. The number of fused-ring (bicyclic) bond motifs is 1. The first-order valence-corrected chi connectivity index (χ1v) is 8.52. The lowest BCUT2D eigenvalue weighted by atomic mass is 10.1. The van der Waals surface area contributed by atoms with Gasteiger partial charge in [0.25, 0.3) is 0 Å². The van der Waals surface area contributed by atoms with Gasteiger partial charge in [0.15, 0.2) is 5.82 Å². The molecule has 0 aliphatic heterocycles. The van der Waals surface area contributed by atoms with Crippen LogP contribution in [0.1, 0.15) is 18.1 Å². The number of imidazole rings is 1. The lowest BCUT2D eigenvalue weighted by Gasteiger charge is -2.23. The summed E-state index contributed by atoms with van der Waals surface area (Å²) in [7, 11) is 4.73. The van der Waals surface area contributed by atoms with Crippen LogP contribution in [0.5, 0.6) is 0 Å². The van der Waals surface area contributed by atoms with E-state index in [0.717, 1.165) is 0 Å². The van der Waals surface area contributed by atoms with E-state index in [1.807, 2.05) is 13.0 Å². The smallest absolute Gasteiger partial charge is 0.412 e. The molecule has 0 unspecified atom stereocenters. The number of pyridine rings is 1. The number of aryl methyl sites for hydroxylation is 2. The molecular formula is C19H19FN6O2. The Hall–Kier alpha value is -3.67. The molecule has 0 saturated carbocycles. The maximum atomic E-state index is 14.8. The number of nitrogens with zero attached hydrogens (tertiary/aromatic N) is 5. The zero-order valence-corrected chi connectivity index (χ0v) is 15.9. The Labute approximate surface area is 161 Å². The Morgan fingerprint density at radius 3 is 2.82 bits per heavy atom. The number of hydrogen-bond donors (Lipinski definition) is 1. The van der Waals surface area contributed by atoms with Gasteiger partial charge in [-0.1, -0.05) is 6.92 Å². The summed E-state index contributed by atoms with van der Waals surface area (Å²) in [5.41, 5.74) is 2.44. The van der Waals surface area contributed by atoms with Crippen molar-refractivity contribution in [1.29, 1.82) is 5.26 Å². The standard InChI is InChI=1S/C19H19FN6O2/c1-5-12-6-11(9-21)7-13(20)17(12)26(3)15-8-14-16(22-10-25(14)2)18(23-15)24-19(27)28-4/h6-8,10H,5H2,1-4H3,(H,23,24,27). The second-order valence-electron chi connectivity index (χ2n) is 6.16. The van der Waals surface area contributed by atoms with Crippen molar-refractivity contribution in [2.75, 3.05) is 24.4 Å². The van der Waals surface area contributed by atoms with Gasteiger partial charge >= 0.3 is 6.09 Å². The molecular weight excluding hydrogens is 363 g/mol. The monoisotopic (exact) mass is 382 g/mol. The Balaban J connectivity index is 2.17. The van der Waals surface area contributed by atoms with E-state index >= 15 is 0 Å². The lowest BCUT2D eigenvalue weighted by molar-refractivity contribution is 0.187. The van der Waals surface area contributed by atoms with Crippen LogP contribution in [0.25, 0.3) is 11.0 Å². The van der Waals surface area contributed by atoms with E-state index in [-0.39, 0.29) is 11.4 Å². The van der Waals surface area contributed by atoms with Crippen molar-refractivity contribution in [2.45, 2.75) is 13.3 Å². The van der Waals surface area contributed by atoms with Crippen LogP contribution < -0.4 is 10.2 Å². The Kier molecular flexibility index (Phi) is 5.13. The molecule has 0 radical (unpaired) electrons. The second kappa shape index (κ2) is 7.52. The van der Waals surface area contributed by atoms with Crippen LogP contribution in [-0.4, -0.2) is 34.8 Å². The predicted octanol–water partition coefficient (Wildman–Crippen LogP) is 3.49. The molecule has 0 aliphatic carbocycles. The van der Waals surface area contributed by atoms with Crippen LogP contribution in [0.4, 0.5) is 26.5 Å². The van der Waals surface area contributed by atoms with Crippen molar-refractivity contribution in [3.05, 3.63) is 41.5 Å². The van der Waals surface area contributed by atoms with Crippen molar-refractivity contribution < 1.29 is 13.9 Å². The van der Waals surface area contributed by atoms with Crippen LogP contribution in [0.3, 0.4) is 0 Å². The number of halogens is 1. The van der Waals surface area contributed by atoms with Crippen molar-refractivity contribution in [2.24, 2.45) is 7.05 Å². The highest BCUT2D eigenvalue weighted by Crippen LogP contribution is 2.33. The highest BCUT2D eigenvalue weighted by atomic mass is 19.1. The summed E-state index contributed by atoms with van der Waals surface area (Å²) >= 11 is 0. The number of benzene rings is 1. The Morgan fingerprint density at radius 1 is 1.43 bits per heavy atom. The highest BCUT2D eigenvalue weighted by molar-refractivity contribution is 5.96. The van der Waals surface area contributed by atoms with E-state index in [0.29, 0.717) is 34.5 Å². The Bertz CT molecular complexity index is 1100. The fraction of sp³-hybridized carbons (Fsp3) is 0.263. The van der Waals surface area contributed by atoms with Crippen molar-refractivity contribution >= 4 is 34.4 Å². The molecule has 0 bridgehead atoms. The summed E-state index contributed by atoms with van der Waals surface area (Å²) < 4.78 is 21.2. The summed E-state index contributed by atoms with van der Waals surface area (Å²) in [6, 6.07) is 6.57. The second-order valence-corrected chi connectivity index (χ2v) is 6.16. The first kappa shape index (κ1) is 19.1. The molecule has 0 atom stereocenters. The molecule has 1 amide bonds. The number of carbonyl (C=O) groups excluding carboxylic acids is 1. The average molecular weight is 382 g/mol. The largest absolute Gasteiger partial charge is 0.453 e. The molecule has 2 heterocycles. The van der Waals surface area contributed by atoms with Gasteiger partial charge in [-0.05, 0) is 24.1 Å². The number of carbonyl (C=O) groups is 1. The van der Waals surface area contributed by atoms with Gasteiger partial charge in [0, 0.05) is 20.2 Å². The molecule has 2 aromatic heterocycles. The molecule has 0 spiro atoms. The van der Waals surface area contributed by atoms with Gasteiger partial charge < -0.3 is 14.2 Å². The van der Waals surface area contributed by atoms with Gasteiger partial charge in [-0.3, -0.25) is 5.32 Å². The zero-order valence-electron chi connectivity index (χ0n) is 15.9. The van der Waals surface area contributed by atoms with Gasteiger partial charge in [0.05, 0.1) is 36.3 Å². The number of hydrogen-bond acceptors (Lipinski definition) is 6. The molecule has 8 nitrogen and oxygen atoms in total. The number of methoxy groups -OCH3 is 1. The molecule has 3 rings (SSSR count). The fourth-order valence-electron chi connectivity index (χ4n) is 3.00. The lowest BCUT2D eigenvalue weighted by Crippen LogP contribution is -2.18. The molecule has 0 saturated heterocycles.